The number of hydrogen-bond acceptors (Lipinski definition) is 4. The topological polar surface area (TPSA) is 58.1 Å². The minimum absolute atomic E-state index is 0. The van der Waals surface area contributed by atoms with E-state index in [9.17, 15) is 0 Å². The van der Waals surface area contributed by atoms with Crippen molar-refractivity contribution in [1.82, 2.24) is 15.5 Å². The first-order chi connectivity index (χ1) is 13.6. The molecule has 6 nitrogen and oxygen atoms in total. The second-order valence-corrected chi connectivity index (χ2v) is 8.20. The average Bonchev–Trinajstić information content (AvgIpc) is 3.42. The van der Waals surface area contributed by atoms with Gasteiger partial charge in [0.2, 0.25) is 0 Å². The highest BCUT2D eigenvalue weighted by Gasteiger charge is 2.29. The Morgan fingerprint density at radius 2 is 2.10 bits per heavy atom. The van der Waals surface area contributed by atoms with Crippen molar-refractivity contribution in [3.05, 3.63) is 29.3 Å². The summed E-state index contributed by atoms with van der Waals surface area (Å²) in [5, 5.41) is 6.88. The van der Waals surface area contributed by atoms with Crippen LogP contribution < -0.4 is 15.4 Å². The molecular formula is C22H37IN4O2. The van der Waals surface area contributed by atoms with E-state index < -0.39 is 0 Å². The third kappa shape index (κ3) is 7.61. The molecule has 29 heavy (non-hydrogen) atoms. The Morgan fingerprint density at radius 1 is 1.31 bits per heavy atom. The van der Waals surface area contributed by atoms with Gasteiger partial charge in [-0.2, -0.15) is 0 Å². The summed E-state index contributed by atoms with van der Waals surface area (Å²) in [6.07, 6.45) is 3.75. The Kier molecular flexibility index (Phi) is 9.98. The predicted octanol–water partition coefficient (Wildman–Crippen LogP) is 3.18. The first-order valence-corrected chi connectivity index (χ1v) is 10.5. The number of aryl methyl sites for hydroxylation is 1. The molecular weight excluding hydrogens is 479 g/mol. The Bertz CT molecular complexity index is 660. The van der Waals surface area contributed by atoms with Crippen LogP contribution in [0, 0.1) is 12.8 Å². The van der Waals surface area contributed by atoms with Gasteiger partial charge in [-0.15, -0.1) is 24.0 Å². The summed E-state index contributed by atoms with van der Waals surface area (Å²) in [5.41, 5.74) is 2.36. The fourth-order valence-corrected chi connectivity index (χ4v) is 3.49. The highest BCUT2D eigenvalue weighted by molar-refractivity contribution is 14.0. The van der Waals surface area contributed by atoms with Crippen LogP contribution in [-0.2, 0) is 11.3 Å². The molecule has 3 rings (SSSR count). The number of likely N-dealkylation sites (N-methyl/N-ethyl adjacent to an activating group) is 1. The van der Waals surface area contributed by atoms with Crippen LogP contribution in [0.3, 0.4) is 0 Å². The van der Waals surface area contributed by atoms with E-state index in [1.54, 1.807) is 0 Å². The molecule has 2 fully saturated rings. The Hall–Kier alpha value is -1.06. The summed E-state index contributed by atoms with van der Waals surface area (Å²) in [4.78, 5) is 6.83. The number of nitrogens with one attached hydrogen (secondary N) is 2. The van der Waals surface area contributed by atoms with Crippen molar-refractivity contribution < 1.29 is 9.47 Å². The van der Waals surface area contributed by atoms with Gasteiger partial charge >= 0.3 is 0 Å². The zero-order valence-corrected chi connectivity index (χ0v) is 20.6. The molecule has 2 unspecified atom stereocenters. The van der Waals surface area contributed by atoms with Gasteiger partial charge in [0.15, 0.2) is 5.96 Å². The minimum atomic E-state index is 0. The van der Waals surface area contributed by atoms with Crippen LogP contribution in [-0.4, -0.2) is 63.4 Å². The first-order valence-electron chi connectivity index (χ1n) is 10.5. The van der Waals surface area contributed by atoms with Crippen molar-refractivity contribution in [3.8, 4) is 5.75 Å². The van der Waals surface area contributed by atoms with Crippen LogP contribution in [0.1, 0.15) is 37.3 Å². The van der Waals surface area contributed by atoms with E-state index in [0.29, 0.717) is 25.1 Å². The molecule has 0 spiro atoms. The molecule has 0 bridgehead atoms. The van der Waals surface area contributed by atoms with E-state index in [1.165, 1.54) is 18.4 Å². The smallest absolute Gasteiger partial charge is 0.191 e. The number of rotatable bonds is 9. The standard InChI is InChI=1S/C22H36N4O2.HI/c1-16-5-6-19(21(11-16)28-15-18-9-10-27-14-18)13-25-22(23-3)24-12-17(2)26(4)20-7-8-20;/h5-6,11,17-18,20H,7-10,12-15H2,1-4H3,(H2,23,24,25);1H. The number of nitrogens with zero attached hydrogens (tertiary/aromatic N) is 2. The van der Waals surface area contributed by atoms with Crippen molar-refractivity contribution in [2.24, 2.45) is 10.9 Å². The largest absolute Gasteiger partial charge is 0.493 e. The monoisotopic (exact) mass is 516 g/mol. The molecule has 0 aromatic heterocycles. The lowest BCUT2D eigenvalue weighted by Gasteiger charge is -2.25. The zero-order chi connectivity index (χ0) is 19.9. The molecule has 164 valence electrons. The van der Waals surface area contributed by atoms with Gasteiger partial charge in [-0.3, -0.25) is 9.89 Å². The van der Waals surface area contributed by atoms with Gasteiger partial charge in [0.25, 0.3) is 0 Å². The van der Waals surface area contributed by atoms with Crippen molar-refractivity contribution in [2.45, 2.75) is 51.7 Å². The lowest BCUT2D eigenvalue weighted by atomic mass is 10.1. The lowest BCUT2D eigenvalue weighted by Crippen LogP contribution is -2.45. The van der Waals surface area contributed by atoms with Crippen molar-refractivity contribution in [1.29, 1.82) is 0 Å². The van der Waals surface area contributed by atoms with Crippen molar-refractivity contribution in [2.75, 3.05) is 40.5 Å². The third-order valence-corrected chi connectivity index (χ3v) is 5.77. The molecule has 2 N–H and O–H groups in total. The maximum absolute atomic E-state index is 6.14. The summed E-state index contributed by atoms with van der Waals surface area (Å²) >= 11 is 0. The van der Waals surface area contributed by atoms with Gasteiger partial charge < -0.3 is 20.1 Å². The molecule has 1 saturated carbocycles. The molecule has 1 heterocycles. The van der Waals surface area contributed by atoms with Crippen LogP contribution in [0.2, 0.25) is 0 Å². The number of guanidine groups is 1. The normalized spacial score (nSPS) is 20.3. The Labute approximate surface area is 192 Å². The SMILES string of the molecule is CN=C(NCc1ccc(C)cc1OCC1CCOC1)NCC(C)N(C)C1CC1.I. The molecule has 0 radical (unpaired) electrons. The molecule has 1 aromatic rings. The van der Waals surface area contributed by atoms with Crippen LogP contribution in [0.4, 0.5) is 0 Å². The maximum Gasteiger partial charge on any atom is 0.191 e. The van der Waals surface area contributed by atoms with Crippen LogP contribution >= 0.6 is 24.0 Å². The molecule has 7 heteroatoms. The lowest BCUT2D eigenvalue weighted by molar-refractivity contribution is 0.166. The van der Waals surface area contributed by atoms with Gasteiger partial charge in [-0.25, -0.2) is 0 Å². The summed E-state index contributed by atoms with van der Waals surface area (Å²) in [6, 6.07) is 7.64. The molecule has 2 atom stereocenters. The van der Waals surface area contributed by atoms with E-state index >= 15 is 0 Å². The molecule has 1 aromatic carbocycles. The molecule has 2 aliphatic rings. The summed E-state index contributed by atoms with van der Waals surface area (Å²) in [6.45, 7) is 8.30. The summed E-state index contributed by atoms with van der Waals surface area (Å²) in [7, 11) is 4.03. The second-order valence-electron chi connectivity index (χ2n) is 8.20. The van der Waals surface area contributed by atoms with E-state index in [1.807, 2.05) is 7.05 Å². The molecule has 1 saturated heterocycles. The summed E-state index contributed by atoms with van der Waals surface area (Å²) in [5.74, 6) is 2.28. The van der Waals surface area contributed by atoms with Crippen LogP contribution in [0.15, 0.2) is 23.2 Å². The summed E-state index contributed by atoms with van der Waals surface area (Å²) < 4.78 is 11.6. The quantitative estimate of drug-likeness (QED) is 0.300. The van der Waals surface area contributed by atoms with Crippen molar-refractivity contribution >= 4 is 29.9 Å². The van der Waals surface area contributed by atoms with Crippen LogP contribution in [0.5, 0.6) is 5.75 Å². The first kappa shape index (κ1) is 24.2. The zero-order valence-electron chi connectivity index (χ0n) is 18.2. The molecule has 1 aliphatic heterocycles. The molecule has 1 aliphatic carbocycles. The Morgan fingerprint density at radius 3 is 2.76 bits per heavy atom. The van der Waals surface area contributed by atoms with Gasteiger partial charge in [0.1, 0.15) is 5.75 Å². The number of benzene rings is 1. The Balaban J connectivity index is 0.00000300. The molecule has 0 amide bonds. The average molecular weight is 516 g/mol. The fraction of sp³-hybridized carbons (Fsp3) is 0.682. The number of aliphatic imine (C=N–C) groups is 1. The van der Waals surface area contributed by atoms with Gasteiger partial charge in [-0.1, -0.05) is 12.1 Å². The second kappa shape index (κ2) is 12.0. The maximum atomic E-state index is 6.14. The highest BCUT2D eigenvalue weighted by Crippen LogP contribution is 2.26. The highest BCUT2D eigenvalue weighted by atomic mass is 127. The van der Waals surface area contributed by atoms with Gasteiger partial charge in [-0.05, 0) is 51.8 Å². The van der Waals surface area contributed by atoms with E-state index in [-0.39, 0.29) is 24.0 Å². The van der Waals surface area contributed by atoms with Gasteiger partial charge in [0, 0.05) is 50.3 Å². The number of ether oxygens (including phenoxy) is 2. The third-order valence-electron chi connectivity index (χ3n) is 5.77. The van der Waals surface area contributed by atoms with E-state index in [2.05, 4.69) is 59.6 Å². The van der Waals surface area contributed by atoms with E-state index in [0.717, 1.165) is 49.5 Å². The predicted molar refractivity (Wildman–Crippen MR) is 129 cm³/mol. The van der Waals surface area contributed by atoms with Gasteiger partial charge in [0.05, 0.1) is 13.2 Å². The van der Waals surface area contributed by atoms with Crippen molar-refractivity contribution in [3.63, 3.8) is 0 Å². The van der Waals surface area contributed by atoms with E-state index in [4.69, 9.17) is 9.47 Å². The number of hydrogen-bond donors (Lipinski definition) is 2. The number of halogens is 1. The fourth-order valence-electron chi connectivity index (χ4n) is 3.49. The minimum Gasteiger partial charge on any atom is -0.493 e. The van der Waals surface area contributed by atoms with Crippen LogP contribution in [0.25, 0.3) is 0 Å².